The molecule has 8 nitrogen and oxygen atoms in total. The number of aryl methyl sites for hydroxylation is 3. The molecular weight excluding hydrogens is 398 g/mol. The molecule has 3 aromatic rings. The zero-order valence-electron chi connectivity index (χ0n) is 15.6. The van der Waals surface area contributed by atoms with E-state index < -0.39 is 0 Å². The van der Waals surface area contributed by atoms with Gasteiger partial charge < -0.3 is 4.90 Å². The van der Waals surface area contributed by atoms with Gasteiger partial charge in [0.05, 0.1) is 21.6 Å². The van der Waals surface area contributed by atoms with E-state index in [9.17, 15) is 4.79 Å². The van der Waals surface area contributed by atoms with Crippen LogP contribution >= 0.6 is 15.9 Å². The van der Waals surface area contributed by atoms with Gasteiger partial charge in [-0.15, -0.1) is 0 Å². The summed E-state index contributed by atoms with van der Waals surface area (Å²) in [5.41, 5.74) is 4.31. The van der Waals surface area contributed by atoms with E-state index in [1.807, 2.05) is 38.7 Å². The first-order chi connectivity index (χ1) is 12.3. The van der Waals surface area contributed by atoms with Gasteiger partial charge in [0.1, 0.15) is 12.4 Å². The van der Waals surface area contributed by atoms with Crippen molar-refractivity contribution in [3.05, 3.63) is 51.3 Å². The summed E-state index contributed by atoms with van der Waals surface area (Å²) in [6.07, 6.45) is 3.72. The average molecular weight is 420 g/mol. The maximum atomic E-state index is 12.7. The molecule has 0 N–H and O–H groups in total. The van der Waals surface area contributed by atoms with E-state index in [0.29, 0.717) is 18.9 Å². The summed E-state index contributed by atoms with van der Waals surface area (Å²) in [6, 6.07) is 1.73. The van der Waals surface area contributed by atoms with Crippen LogP contribution in [0.25, 0.3) is 0 Å². The highest BCUT2D eigenvalue weighted by atomic mass is 79.9. The topological polar surface area (TPSA) is 73.8 Å². The molecule has 3 rings (SSSR count). The Balaban J connectivity index is 1.71. The first kappa shape index (κ1) is 18.4. The number of amides is 1. The van der Waals surface area contributed by atoms with E-state index in [-0.39, 0.29) is 5.91 Å². The summed E-state index contributed by atoms with van der Waals surface area (Å²) in [7, 11) is 3.64. The molecule has 1 amide bonds. The third kappa shape index (κ3) is 3.57. The van der Waals surface area contributed by atoms with Crippen LogP contribution in [0.2, 0.25) is 0 Å². The lowest BCUT2D eigenvalue weighted by Crippen LogP contribution is -2.27. The van der Waals surface area contributed by atoms with Gasteiger partial charge in [0.25, 0.3) is 5.91 Å². The van der Waals surface area contributed by atoms with E-state index in [2.05, 4.69) is 31.2 Å². The van der Waals surface area contributed by atoms with Gasteiger partial charge >= 0.3 is 0 Å². The summed E-state index contributed by atoms with van der Waals surface area (Å²) in [5.74, 6) is -0.124. The van der Waals surface area contributed by atoms with Gasteiger partial charge in [-0.2, -0.15) is 15.3 Å². The van der Waals surface area contributed by atoms with Crippen LogP contribution in [0.15, 0.2) is 22.9 Å². The van der Waals surface area contributed by atoms with Crippen LogP contribution in [0.5, 0.6) is 0 Å². The van der Waals surface area contributed by atoms with Crippen LogP contribution in [0.1, 0.15) is 33.1 Å². The molecule has 0 fully saturated rings. The molecule has 0 aliphatic heterocycles. The molecular formula is C17H22BrN7O. The van der Waals surface area contributed by atoms with Crippen molar-refractivity contribution in [2.45, 2.75) is 34.0 Å². The summed E-state index contributed by atoms with van der Waals surface area (Å²) in [4.78, 5) is 14.3. The predicted octanol–water partition coefficient (Wildman–Crippen LogP) is 2.28. The Bertz CT molecular complexity index is 953. The van der Waals surface area contributed by atoms with E-state index in [0.717, 1.165) is 27.1 Å². The molecule has 0 bridgehead atoms. The van der Waals surface area contributed by atoms with E-state index in [4.69, 9.17) is 0 Å². The number of nitrogens with zero attached hydrogens (tertiary/aromatic N) is 7. The third-order valence-corrected chi connectivity index (χ3v) is 5.45. The minimum absolute atomic E-state index is 0.124. The highest BCUT2D eigenvalue weighted by Crippen LogP contribution is 2.19. The molecule has 3 aromatic heterocycles. The molecule has 138 valence electrons. The van der Waals surface area contributed by atoms with Gasteiger partial charge in [0.15, 0.2) is 0 Å². The second-order valence-corrected chi connectivity index (χ2v) is 7.23. The Morgan fingerprint density at radius 3 is 2.50 bits per heavy atom. The monoisotopic (exact) mass is 419 g/mol. The molecule has 0 atom stereocenters. The minimum Gasteiger partial charge on any atom is -0.336 e. The molecule has 0 saturated carbocycles. The largest absolute Gasteiger partial charge is 0.336 e. The van der Waals surface area contributed by atoms with Crippen LogP contribution < -0.4 is 0 Å². The summed E-state index contributed by atoms with van der Waals surface area (Å²) in [5, 5.41) is 13.2. The van der Waals surface area contributed by atoms with Crippen LogP contribution in [0.4, 0.5) is 0 Å². The fraction of sp³-hybridized carbons (Fsp3) is 0.412. The molecule has 0 radical (unpaired) electrons. The normalized spacial score (nSPS) is 11.2. The highest BCUT2D eigenvalue weighted by Gasteiger charge is 2.17. The van der Waals surface area contributed by atoms with Crippen molar-refractivity contribution < 1.29 is 4.79 Å². The number of carbonyl (C=O) groups is 1. The second-order valence-electron chi connectivity index (χ2n) is 6.44. The van der Waals surface area contributed by atoms with Crippen LogP contribution in [-0.2, 0) is 20.3 Å². The first-order valence-corrected chi connectivity index (χ1v) is 9.03. The summed E-state index contributed by atoms with van der Waals surface area (Å²) < 4.78 is 6.31. The minimum atomic E-state index is -0.124. The van der Waals surface area contributed by atoms with Gasteiger partial charge in [-0.3, -0.25) is 14.2 Å². The van der Waals surface area contributed by atoms with Gasteiger partial charge in [0.2, 0.25) is 0 Å². The Morgan fingerprint density at radius 1 is 1.19 bits per heavy atom. The Kier molecular flexibility index (Phi) is 4.99. The smallest absolute Gasteiger partial charge is 0.274 e. The average Bonchev–Trinajstić information content (AvgIpc) is 3.24. The highest BCUT2D eigenvalue weighted by molar-refractivity contribution is 9.10. The number of rotatable bonds is 5. The summed E-state index contributed by atoms with van der Waals surface area (Å²) in [6.45, 7) is 6.83. The van der Waals surface area contributed by atoms with Crippen molar-refractivity contribution in [3.8, 4) is 0 Å². The molecule has 0 unspecified atom stereocenters. The van der Waals surface area contributed by atoms with E-state index >= 15 is 0 Å². The molecule has 0 spiro atoms. The van der Waals surface area contributed by atoms with Gasteiger partial charge in [-0.1, -0.05) is 0 Å². The zero-order valence-corrected chi connectivity index (χ0v) is 17.1. The lowest BCUT2D eigenvalue weighted by molar-refractivity contribution is 0.0778. The van der Waals surface area contributed by atoms with Crippen molar-refractivity contribution in [1.82, 2.24) is 34.2 Å². The molecule has 0 aliphatic carbocycles. The second kappa shape index (κ2) is 7.06. The van der Waals surface area contributed by atoms with Gasteiger partial charge in [-0.05, 0) is 42.8 Å². The van der Waals surface area contributed by atoms with E-state index in [1.54, 1.807) is 33.6 Å². The summed E-state index contributed by atoms with van der Waals surface area (Å²) >= 11 is 3.52. The quantitative estimate of drug-likeness (QED) is 0.635. The van der Waals surface area contributed by atoms with Crippen molar-refractivity contribution in [1.29, 1.82) is 0 Å². The Hall–Kier alpha value is -2.42. The van der Waals surface area contributed by atoms with Crippen molar-refractivity contribution in [2.24, 2.45) is 7.05 Å². The fourth-order valence-electron chi connectivity index (χ4n) is 2.83. The molecule has 26 heavy (non-hydrogen) atoms. The zero-order chi connectivity index (χ0) is 19.0. The Labute approximate surface area is 160 Å². The lowest BCUT2D eigenvalue weighted by Gasteiger charge is -2.15. The number of halogens is 1. The van der Waals surface area contributed by atoms with Gasteiger partial charge in [-0.25, -0.2) is 4.68 Å². The molecule has 9 heteroatoms. The van der Waals surface area contributed by atoms with Gasteiger partial charge in [0, 0.05) is 38.6 Å². The Morgan fingerprint density at radius 2 is 1.92 bits per heavy atom. The molecule has 0 saturated heterocycles. The molecule has 0 aromatic carbocycles. The predicted molar refractivity (Wildman–Crippen MR) is 101 cm³/mol. The fourth-order valence-corrected chi connectivity index (χ4v) is 3.12. The first-order valence-electron chi connectivity index (χ1n) is 8.23. The molecule has 0 aliphatic rings. The van der Waals surface area contributed by atoms with Crippen molar-refractivity contribution in [3.63, 3.8) is 0 Å². The van der Waals surface area contributed by atoms with E-state index in [1.165, 1.54) is 0 Å². The van der Waals surface area contributed by atoms with Crippen LogP contribution in [0.3, 0.4) is 0 Å². The number of hydrogen-bond acceptors (Lipinski definition) is 4. The standard InChI is InChI=1S/C17H22BrN7O/c1-11-14(9-23(5)19-11)8-22(4)17(26)15-6-7-24(21-15)10-25-13(3)16(18)12(2)20-25/h6-7,9H,8,10H2,1-5H3. The maximum Gasteiger partial charge on any atom is 0.274 e. The number of aromatic nitrogens is 6. The van der Waals surface area contributed by atoms with Crippen molar-refractivity contribution >= 4 is 21.8 Å². The number of hydrogen-bond donors (Lipinski definition) is 0. The number of carbonyl (C=O) groups excluding carboxylic acids is 1. The van der Waals surface area contributed by atoms with Crippen molar-refractivity contribution in [2.75, 3.05) is 7.05 Å². The maximum absolute atomic E-state index is 12.7. The molecule has 3 heterocycles. The van der Waals surface area contributed by atoms with Crippen LogP contribution in [0, 0.1) is 20.8 Å². The van der Waals surface area contributed by atoms with Crippen LogP contribution in [-0.4, -0.2) is 47.2 Å². The SMILES string of the molecule is Cc1nn(C)cc1CN(C)C(=O)c1ccn(Cn2nc(C)c(Br)c2C)n1. The lowest BCUT2D eigenvalue weighted by atomic mass is 10.2. The third-order valence-electron chi connectivity index (χ3n) is 4.30.